The van der Waals surface area contributed by atoms with Gasteiger partial charge in [0.1, 0.15) is 0 Å². The van der Waals surface area contributed by atoms with Gasteiger partial charge in [-0.25, -0.2) is 4.79 Å². The maximum absolute atomic E-state index is 11.5. The van der Waals surface area contributed by atoms with Crippen molar-refractivity contribution in [2.24, 2.45) is 5.84 Å². The number of nitrogens with two attached hydrogens (primary N) is 1. The molecule has 1 rings (SSSR count). The second-order valence-electron chi connectivity index (χ2n) is 2.98. The van der Waals surface area contributed by atoms with E-state index in [0.29, 0.717) is 11.3 Å². The van der Waals surface area contributed by atoms with Crippen LogP contribution in [0.5, 0.6) is 0 Å². The Morgan fingerprint density at radius 3 is 2.73 bits per heavy atom. The fourth-order valence-electron chi connectivity index (χ4n) is 1.38. The summed E-state index contributed by atoms with van der Waals surface area (Å²) < 4.78 is 5.51. The Labute approximate surface area is 96.9 Å². The number of nitrogens with one attached hydrogen (secondary N) is 1. The van der Waals surface area contributed by atoms with Crippen LogP contribution in [-0.2, 0) is 11.2 Å². The summed E-state index contributed by atoms with van der Waals surface area (Å²) in [5.41, 5.74) is 4.56. The fourth-order valence-corrected chi connectivity index (χ4v) is 1.89. The Kier molecular flexibility index (Phi) is 4.11. The third kappa shape index (κ3) is 2.49. The lowest BCUT2D eigenvalue weighted by Crippen LogP contribution is -2.15. The van der Waals surface area contributed by atoms with Gasteiger partial charge in [-0.3, -0.25) is 5.84 Å². The van der Waals surface area contributed by atoms with Gasteiger partial charge in [-0.2, -0.15) is 0 Å². The van der Waals surface area contributed by atoms with Gasteiger partial charge in [0.25, 0.3) is 0 Å². The molecule has 0 saturated carbocycles. The number of hydrogen-bond acceptors (Lipinski definition) is 4. The third-order valence-corrected chi connectivity index (χ3v) is 2.57. The number of nitrogen functional groups attached to an aromatic ring is 1. The standard InChI is InChI=1S/C10H13BrN2O2/c1-3-6-4-7(11)5-8(9(6)13-12)10(14)15-2/h4-5,13H,3,12H2,1-2H3. The van der Waals surface area contributed by atoms with E-state index in [0.717, 1.165) is 16.5 Å². The van der Waals surface area contributed by atoms with Crippen LogP contribution in [-0.4, -0.2) is 13.1 Å². The van der Waals surface area contributed by atoms with E-state index in [-0.39, 0.29) is 0 Å². The first-order chi connectivity index (χ1) is 7.13. The normalized spacial score (nSPS) is 9.87. The van der Waals surface area contributed by atoms with Crippen LogP contribution in [0.2, 0.25) is 0 Å². The summed E-state index contributed by atoms with van der Waals surface area (Å²) in [5, 5.41) is 0. The molecular formula is C10H13BrN2O2. The molecule has 0 saturated heterocycles. The van der Waals surface area contributed by atoms with Gasteiger partial charge in [0, 0.05) is 4.47 Å². The fraction of sp³-hybridized carbons (Fsp3) is 0.300. The molecule has 0 aromatic heterocycles. The Balaban J connectivity index is 3.35. The largest absolute Gasteiger partial charge is 0.465 e. The average molecular weight is 273 g/mol. The van der Waals surface area contributed by atoms with Crippen LogP contribution in [0.3, 0.4) is 0 Å². The average Bonchev–Trinajstić information content (AvgIpc) is 2.26. The van der Waals surface area contributed by atoms with Gasteiger partial charge in [-0.1, -0.05) is 22.9 Å². The van der Waals surface area contributed by atoms with E-state index in [1.54, 1.807) is 6.07 Å². The van der Waals surface area contributed by atoms with Crippen LogP contribution in [0.25, 0.3) is 0 Å². The summed E-state index contributed by atoms with van der Waals surface area (Å²) in [7, 11) is 1.34. The minimum absolute atomic E-state index is 0.404. The highest BCUT2D eigenvalue weighted by Crippen LogP contribution is 2.26. The molecule has 0 radical (unpaired) electrons. The molecule has 5 heteroatoms. The van der Waals surface area contributed by atoms with E-state index < -0.39 is 5.97 Å². The van der Waals surface area contributed by atoms with Crippen molar-refractivity contribution in [1.29, 1.82) is 0 Å². The molecule has 0 aliphatic heterocycles. The van der Waals surface area contributed by atoms with Gasteiger partial charge < -0.3 is 10.2 Å². The summed E-state index contributed by atoms with van der Waals surface area (Å²) in [4.78, 5) is 11.5. The Morgan fingerprint density at radius 1 is 1.60 bits per heavy atom. The van der Waals surface area contributed by atoms with Crippen molar-refractivity contribution >= 4 is 27.6 Å². The molecule has 1 aromatic carbocycles. The zero-order valence-corrected chi connectivity index (χ0v) is 10.2. The minimum Gasteiger partial charge on any atom is -0.465 e. The van der Waals surface area contributed by atoms with E-state index in [1.807, 2.05) is 13.0 Å². The van der Waals surface area contributed by atoms with E-state index in [1.165, 1.54) is 7.11 Å². The molecule has 0 fully saturated rings. The van der Waals surface area contributed by atoms with Crippen molar-refractivity contribution in [1.82, 2.24) is 0 Å². The molecule has 82 valence electrons. The molecule has 4 nitrogen and oxygen atoms in total. The molecule has 3 N–H and O–H groups in total. The number of ether oxygens (including phenoxy) is 1. The number of halogens is 1. The van der Waals surface area contributed by atoms with Crippen LogP contribution in [0.4, 0.5) is 5.69 Å². The first-order valence-electron chi connectivity index (χ1n) is 4.51. The van der Waals surface area contributed by atoms with E-state index in [2.05, 4.69) is 26.1 Å². The zero-order valence-electron chi connectivity index (χ0n) is 8.63. The van der Waals surface area contributed by atoms with Gasteiger partial charge in [-0.05, 0) is 24.1 Å². The number of carbonyl (C=O) groups is 1. The number of aryl methyl sites for hydroxylation is 1. The summed E-state index contributed by atoms with van der Waals surface area (Å²) in [6, 6.07) is 3.60. The minimum atomic E-state index is -0.404. The summed E-state index contributed by atoms with van der Waals surface area (Å²) in [5.74, 6) is 4.99. The van der Waals surface area contributed by atoms with Crippen LogP contribution >= 0.6 is 15.9 Å². The highest BCUT2D eigenvalue weighted by molar-refractivity contribution is 9.10. The zero-order chi connectivity index (χ0) is 11.4. The number of benzene rings is 1. The molecule has 15 heavy (non-hydrogen) atoms. The lowest BCUT2D eigenvalue weighted by atomic mass is 10.1. The smallest absolute Gasteiger partial charge is 0.340 e. The van der Waals surface area contributed by atoms with Crippen molar-refractivity contribution in [3.05, 3.63) is 27.7 Å². The lowest BCUT2D eigenvalue weighted by molar-refractivity contribution is 0.0601. The Hall–Kier alpha value is -1.07. The third-order valence-electron chi connectivity index (χ3n) is 2.12. The molecule has 1 aromatic rings. The molecule has 0 atom stereocenters. The second-order valence-corrected chi connectivity index (χ2v) is 3.89. The van der Waals surface area contributed by atoms with Crippen molar-refractivity contribution in [3.8, 4) is 0 Å². The van der Waals surface area contributed by atoms with Crippen LogP contribution < -0.4 is 11.3 Å². The first kappa shape index (κ1) is 12.0. The number of esters is 1. The predicted molar refractivity (Wildman–Crippen MR) is 62.7 cm³/mol. The van der Waals surface area contributed by atoms with Crippen molar-refractivity contribution < 1.29 is 9.53 Å². The topological polar surface area (TPSA) is 64.3 Å². The quantitative estimate of drug-likeness (QED) is 0.503. The number of hydrazine groups is 1. The van der Waals surface area contributed by atoms with Crippen molar-refractivity contribution in [2.75, 3.05) is 12.5 Å². The highest BCUT2D eigenvalue weighted by Gasteiger charge is 2.15. The van der Waals surface area contributed by atoms with E-state index in [4.69, 9.17) is 5.84 Å². The molecule has 0 unspecified atom stereocenters. The van der Waals surface area contributed by atoms with Gasteiger partial charge in [0.15, 0.2) is 0 Å². The number of carbonyl (C=O) groups excluding carboxylic acids is 1. The van der Waals surface area contributed by atoms with Gasteiger partial charge in [-0.15, -0.1) is 0 Å². The molecule has 0 bridgehead atoms. The number of anilines is 1. The first-order valence-corrected chi connectivity index (χ1v) is 5.30. The molecule has 0 aliphatic rings. The van der Waals surface area contributed by atoms with E-state index >= 15 is 0 Å². The summed E-state index contributed by atoms with van der Waals surface area (Å²) >= 11 is 3.34. The maximum atomic E-state index is 11.5. The maximum Gasteiger partial charge on any atom is 0.340 e. The highest BCUT2D eigenvalue weighted by atomic mass is 79.9. The molecular weight excluding hydrogens is 260 g/mol. The van der Waals surface area contributed by atoms with E-state index in [9.17, 15) is 4.79 Å². The molecule has 0 aliphatic carbocycles. The number of methoxy groups -OCH3 is 1. The van der Waals surface area contributed by atoms with Gasteiger partial charge in [0.05, 0.1) is 18.4 Å². The van der Waals surface area contributed by atoms with Gasteiger partial charge in [0.2, 0.25) is 0 Å². The van der Waals surface area contributed by atoms with Gasteiger partial charge >= 0.3 is 5.97 Å². The Morgan fingerprint density at radius 2 is 2.27 bits per heavy atom. The van der Waals surface area contributed by atoms with Crippen LogP contribution in [0.15, 0.2) is 16.6 Å². The molecule has 0 spiro atoms. The lowest BCUT2D eigenvalue weighted by Gasteiger charge is -2.12. The summed E-state index contributed by atoms with van der Waals surface area (Å²) in [6.07, 6.45) is 0.781. The van der Waals surface area contributed by atoms with Crippen molar-refractivity contribution in [2.45, 2.75) is 13.3 Å². The monoisotopic (exact) mass is 272 g/mol. The van der Waals surface area contributed by atoms with Crippen LogP contribution in [0.1, 0.15) is 22.8 Å². The number of rotatable bonds is 3. The summed E-state index contributed by atoms with van der Waals surface area (Å²) in [6.45, 7) is 1.99. The molecule has 0 amide bonds. The van der Waals surface area contributed by atoms with Crippen molar-refractivity contribution in [3.63, 3.8) is 0 Å². The van der Waals surface area contributed by atoms with Crippen LogP contribution in [0, 0.1) is 0 Å². The Bertz CT molecular complexity index is 380. The predicted octanol–water partition coefficient (Wildman–Crippen LogP) is 2.08. The SMILES string of the molecule is CCc1cc(Br)cc(C(=O)OC)c1NN. The second kappa shape index (κ2) is 5.14. The number of hydrogen-bond donors (Lipinski definition) is 2. The molecule has 0 heterocycles.